The molecule has 4 heteroatoms. The van der Waals surface area contributed by atoms with Crippen molar-refractivity contribution in [1.82, 2.24) is 0 Å². The van der Waals surface area contributed by atoms with E-state index in [0.29, 0.717) is 12.0 Å². The molecule has 0 radical (unpaired) electrons. The molecule has 88 valence electrons. The van der Waals surface area contributed by atoms with Gasteiger partial charge in [0.1, 0.15) is 0 Å². The number of aromatic hydroxyl groups is 2. The summed E-state index contributed by atoms with van der Waals surface area (Å²) in [5.74, 6) is -1.84. The third-order valence-corrected chi connectivity index (χ3v) is 2.41. The molecule has 1 atom stereocenters. The van der Waals surface area contributed by atoms with Gasteiger partial charge in [0.05, 0.1) is 5.92 Å². The number of phenols is 2. The second-order valence-corrected chi connectivity index (χ2v) is 4.27. The lowest BCUT2D eigenvalue weighted by atomic mass is 9.90. The van der Waals surface area contributed by atoms with Crippen LogP contribution in [-0.2, 0) is 4.79 Å². The predicted molar refractivity (Wildman–Crippen MR) is 59.6 cm³/mol. The molecule has 0 aromatic heterocycles. The average Bonchev–Trinajstić information content (AvgIpc) is 2.18. The van der Waals surface area contributed by atoms with E-state index in [2.05, 4.69) is 0 Å². The molecule has 1 rings (SSSR count). The van der Waals surface area contributed by atoms with Crippen LogP contribution in [0.1, 0.15) is 31.7 Å². The molecule has 16 heavy (non-hydrogen) atoms. The zero-order chi connectivity index (χ0) is 12.3. The van der Waals surface area contributed by atoms with E-state index >= 15 is 0 Å². The maximum Gasteiger partial charge on any atom is 0.310 e. The molecule has 0 aliphatic carbocycles. The maximum absolute atomic E-state index is 11.1. The van der Waals surface area contributed by atoms with Gasteiger partial charge in [0.2, 0.25) is 0 Å². The molecule has 0 amide bonds. The van der Waals surface area contributed by atoms with Crippen LogP contribution in [0, 0.1) is 5.92 Å². The Labute approximate surface area is 94.2 Å². The highest BCUT2D eigenvalue weighted by Crippen LogP contribution is 2.31. The van der Waals surface area contributed by atoms with Gasteiger partial charge in [0, 0.05) is 0 Å². The number of carboxylic acid groups (broad SMARTS) is 1. The summed E-state index contributed by atoms with van der Waals surface area (Å²) >= 11 is 0. The van der Waals surface area contributed by atoms with Gasteiger partial charge in [0.25, 0.3) is 0 Å². The van der Waals surface area contributed by atoms with Gasteiger partial charge in [-0.1, -0.05) is 19.9 Å². The van der Waals surface area contributed by atoms with Gasteiger partial charge in [-0.05, 0) is 30.0 Å². The van der Waals surface area contributed by atoms with E-state index in [4.69, 9.17) is 10.2 Å². The molecule has 0 saturated heterocycles. The molecule has 1 aromatic carbocycles. The predicted octanol–water partition coefficient (Wildman–Crippen LogP) is 2.31. The van der Waals surface area contributed by atoms with E-state index in [1.165, 1.54) is 18.2 Å². The molecule has 0 fully saturated rings. The first-order chi connectivity index (χ1) is 7.41. The minimum Gasteiger partial charge on any atom is -0.504 e. The van der Waals surface area contributed by atoms with Crippen LogP contribution >= 0.6 is 0 Å². The number of carboxylic acids is 1. The van der Waals surface area contributed by atoms with Crippen LogP contribution in [-0.4, -0.2) is 21.3 Å². The van der Waals surface area contributed by atoms with Gasteiger partial charge in [0.15, 0.2) is 11.5 Å². The van der Waals surface area contributed by atoms with Gasteiger partial charge in [-0.3, -0.25) is 4.79 Å². The minimum absolute atomic E-state index is 0.238. The molecule has 0 heterocycles. The first-order valence-corrected chi connectivity index (χ1v) is 5.16. The number of benzene rings is 1. The van der Waals surface area contributed by atoms with Crippen LogP contribution in [0.5, 0.6) is 11.5 Å². The maximum atomic E-state index is 11.1. The van der Waals surface area contributed by atoms with Crippen molar-refractivity contribution in [1.29, 1.82) is 0 Å². The van der Waals surface area contributed by atoms with E-state index in [1.807, 2.05) is 13.8 Å². The van der Waals surface area contributed by atoms with E-state index in [1.54, 1.807) is 0 Å². The van der Waals surface area contributed by atoms with Crippen molar-refractivity contribution < 1.29 is 20.1 Å². The van der Waals surface area contributed by atoms with E-state index in [9.17, 15) is 9.90 Å². The van der Waals surface area contributed by atoms with Gasteiger partial charge >= 0.3 is 5.97 Å². The molecular formula is C12H16O4. The van der Waals surface area contributed by atoms with E-state index < -0.39 is 11.9 Å². The van der Waals surface area contributed by atoms with Crippen LogP contribution in [0.15, 0.2) is 18.2 Å². The highest BCUT2D eigenvalue weighted by molar-refractivity contribution is 5.76. The zero-order valence-corrected chi connectivity index (χ0v) is 9.34. The Kier molecular flexibility index (Phi) is 3.77. The van der Waals surface area contributed by atoms with Crippen molar-refractivity contribution in [3.63, 3.8) is 0 Å². The Morgan fingerprint density at radius 2 is 1.88 bits per heavy atom. The first kappa shape index (κ1) is 12.4. The Hall–Kier alpha value is -1.71. The summed E-state index contributed by atoms with van der Waals surface area (Å²) in [4.78, 5) is 11.1. The van der Waals surface area contributed by atoms with Crippen LogP contribution in [0.2, 0.25) is 0 Å². The van der Waals surface area contributed by atoms with Crippen LogP contribution in [0.4, 0.5) is 0 Å². The number of hydrogen-bond donors (Lipinski definition) is 3. The quantitative estimate of drug-likeness (QED) is 0.686. The third kappa shape index (κ3) is 2.89. The molecule has 1 aromatic rings. The van der Waals surface area contributed by atoms with Crippen molar-refractivity contribution in [2.24, 2.45) is 5.92 Å². The summed E-state index contributed by atoms with van der Waals surface area (Å²) < 4.78 is 0. The zero-order valence-electron chi connectivity index (χ0n) is 9.34. The van der Waals surface area contributed by atoms with Crippen LogP contribution in [0.3, 0.4) is 0 Å². The number of rotatable bonds is 4. The second-order valence-electron chi connectivity index (χ2n) is 4.27. The molecule has 0 saturated carbocycles. The van der Waals surface area contributed by atoms with Gasteiger partial charge in [-0.2, -0.15) is 0 Å². The summed E-state index contributed by atoms with van der Waals surface area (Å²) in [5, 5.41) is 27.6. The molecule has 4 nitrogen and oxygen atoms in total. The fraction of sp³-hybridized carbons (Fsp3) is 0.417. The SMILES string of the molecule is CC(C)CC(C(=O)O)c1ccc(O)c(O)c1. The third-order valence-electron chi connectivity index (χ3n) is 2.41. The topological polar surface area (TPSA) is 77.8 Å². The summed E-state index contributed by atoms with van der Waals surface area (Å²) in [6.07, 6.45) is 0.500. The fourth-order valence-corrected chi connectivity index (χ4v) is 1.61. The lowest BCUT2D eigenvalue weighted by Crippen LogP contribution is -2.13. The van der Waals surface area contributed by atoms with Gasteiger partial charge in [-0.25, -0.2) is 0 Å². The molecule has 0 aliphatic heterocycles. The lowest BCUT2D eigenvalue weighted by molar-refractivity contribution is -0.139. The van der Waals surface area contributed by atoms with Crippen molar-refractivity contribution >= 4 is 5.97 Å². The van der Waals surface area contributed by atoms with Crippen molar-refractivity contribution in [3.05, 3.63) is 23.8 Å². The number of hydrogen-bond acceptors (Lipinski definition) is 3. The standard InChI is InChI=1S/C12H16O4/c1-7(2)5-9(12(15)16)8-3-4-10(13)11(14)6-8/h3-4,6-7,9,13-14H,5H2,1-2H3,(H,15,16). The highest BCUT2D eigenvalue weighted by atomic mass is 16.4. The first-order valence-electron chi connectivity index (χ1n) is 5.16. The lowest BCUT2D eigenvalue weighted by Gasteiger charge is -2.15. The smallest absolute Gasteiger partial charge is 0.310 e. The Balaban J connectivity index is 3.01. The second kappa shape index (κ2) is 4.88. The van der Waals surface area contributed by atoms with Crippen molar-refractivity contribution in [2.75, 3.05) is 0 Å². The highest BCUT2D eigenvalue weighted by Gasteiger charge is 2.21. The summed E-state index contributed by atoms with van der Waals surface area (Å²) in [5.41, 5.74) is 0.511. The Morgan fingerprint density at radius 3 is 2.31 bits per heavy atom. The van der Waals surface area contributed by atoms with Crippen molar-refractivity contribution in [3.8, 4) is 11.5 Å². The van der Waals surface area contributed by atoms with Crippen molar-refractivity contribution in [2.45, 2.75) is 26.2 Å². The summed E-state index contributed by atoms with van der Waals surface area (Å²) in [6, 6.07) is 4.13. The normalized spacial score (nSPS) is 12.7. The molecule has 0 aliphatic rings. The van der Waals surface area contributed by atoms with Gasteiger partial charge < -0.3 is 15.3 Å². The number of carbonyl (C=O) groups is 1. The molecule has 1 unspecified atom stereocenters. The van der Waals surface area contributed by atoms with Gasteiger partial charge in [-0.15, -0.1) is 0 Å². The Morgan fingerprint density at radius 1 is 1.25 bits per heavy atom. The molecule has 3 N–H and O–H groups in total. The summed E-state index contributed by atoms with van der Waals surface area (Å²) in [6.45, 7) is 3.88. The van der Waals surface area contributed by atoms with Crippen LogP contribution < -0.4 is 0 Å². The molecule has 0 bridgehead atoms. The Bertz CT molecular complexity index is 385. The van der Waals surface area contributed by atoms with Crippen LogP contribution in [0.25, 0.3) is 0 Å². The monoisotopic (exact) mass is 224 g/mol. The minimum atomic E-state index is -0.918. The van der Waals surface area contributed by atoms with E-state index in [-0.39, 0.29) is 17.4 Å². The number of aliphatic carboxylic acids is 1. The largest absolute Gasteiger partial charge is 0.504 e. The number of phenolic OH excluding ortho intramolecular Hbond substituents is 2. The fourth-order valence-electron chi connectivity index (χ4n) is 1.61. The average molecular weight is 224 g/mol. The van der Waals surface area contributed by atoms with E-state index in [0.717, 1.165) is 0 Å². The molecule has 0 spiro atoms. The summed E-state index contributed by atoms with van der Waals surface area (Å²) in [7, 11) is 0. The molecular weight excluding hydrogens is 208 g/mol.